The number of nitrogens with zero attached hydrogens (tertiary/aromatic N) is 2. The van der Waals surface area contributed by atoms with Gasteiger partial charge in [-0.15, -0.1) is 7.05 Å². The molecule has 0 spiro atoms. The number of esters is 1. The van der Waals surface area contributed by atoms with E-state index in [1.807, 2.05) is 0 Å². The van der Waals surface area contributed by atoms with Crippen LogP contribution in [0.5, 0.6) is 11.5 Å². The van der Waals surface area contributed by atoms with Crippen molar-refractivity contribution in [1.29, 1.82) is 0 Å². The summed E-state index contributed by atoms with van der Waals surface area (Å²) in [6.07, 6.45) is 2.70. The van der Waals surface area contributed by atoms with Gasteiger partial charge in [-0.1, -0.05) is 45.9 Å². The second-order valence-electron chi connectivity index (χ2n) is 14.2. The van der Waals surface area contributed by atoms with E-state index in [4.69, 9.17) is 18.9 Å². The van der Waals surface area contributed by atoms with Crippen molar-refractivity contribution in [3.63, 3.8) is 0 Å². The van der Waals surface area contributed by atoms with Crippen LogP contribution in [0.2, 0.25) is 0 Å². The first-order chi connectivity index (χ1) is 25.3. The maximum atomic E-state index is 14.2. The molecule has 1 unspecified atom stereocenters. The second-order valence-corrected chi connectivity index (χ2v) is 14.2. The van der Waals surface area contributed by atoms with Crippen LogP contribution in [0.1, 0.15) is 86.4 Å². The number of phenols is 1. The first kappa shape index (κ1) is 45.7. The average molecular weight is 842 g/mol. The largest absolute Gasteiger partial charge is 0.605 e. The van der Waals surface area contributed by atoms with Crippen LogP contribution < -0.4 is 10.1 Å². The third kappa shape index (κ3) is 8.97. The number of hydrogen-bond acceptors (Lipinski definition) is 13. The predicted molar refractivity (Wildman–Crippen MR) is 197 cm³/mol. The van der Waals surface area contributed by atoms with Gasteiger partial charge in [-0.3, -0.25) is 19.2 Å². The van der Waals surface area contributed by atoms with E-state index in [-0.39, 0.29) is 66.3 Å². The van der Waals surface area contributed by atoms with Gasteiger partial charge in [0.2, 0.25) is 5.78 Å². The molecule has 1 aliphatic carbocycles. The number of allylic oxidation sites excluding steroid dienone is 3. The number of benzene rings is 1. The zero-order valence-electron chi connectivity index (χ0n) is 32.7. The maximum absolute atomic E-state index is 14.2. The molecule has 297 valence electrons. The summed E-state index contributed by atoms with van der Waals surface area (Å²) < 4.78 is 23.3. The number of ether oxygens (including phenoxy) is 4. The molecule has 1 aromatic carbocycles. The minimum atomic E-state index is -2.05. The quantitative estimate of drug-likeness (QED) is 0.166. The summed E-state index contributed by atoms with van der Waals surface area (Å²) in [7, 11) is 2.78. The van der Waals surface area contributed by atoms with E-state index in [1.54, 1.807) is 39.8 Å². The van der Waals surface area contributed by atoms with Crippen molar-refractivity contribution in [1.82, 2.24) is 5.32 Å². The van der Waals surface area contributed by atoms with Crippen LogP contribution in [0, 0.1) is 30.6 Å². The topological polar surface area (TPSA) is 225 Å². The van der Waals surface area contributed by atoms with Crippen LogP contribution in [-0.4, -0.2) is 94.4 Å². The summed E-state index contributed by atoms with van der Waals surface area (Å²) in [5.74, 6) is -8.26. The molecule has 0 saturated carbocycles. The Hall–Kier alpha value is -3.73. The van der Waals surface area contributed by atoms with Gasteiger partial charge in [0.25, 0.3) is 11.7 Å². The molecule has 3 heterocycles. The third-order valence-corrected chi connectivity index (χ3v) is 10.5. The molecule has 1 aromatic rings. The fourth-order valence-electron chi connectivity index (χ4n) is 7.11. The number of hydrogen-bond donors (Lipinski definition) is 5. The van der Waals surface area contributed by atoms with E-state index in [1.165, 1.54) is 60.3 Å². The zero-order valence-corrected chi connectivity index (χ0v) is 35.5. The Morgan fingerprint density at radius 3 is 2.27 bits per heavy atom. The summed E-state index contributed by atoms with van der Waals surface area (Å²) in [6.45, 7) is 12.3. The number of rotatable bonds is 4. The number of phenolic OH excluding ortho intramolecular Hbond substituents is 1. The van der Waals surface area contributed by atoms with Crippen LogP contribution in [0.25, 0.3) is 5.43 Å². The molecule has 5 N–H and O–H groups in total. The molecule has 3 aliphatic heterocycles. The van der Waals surface area contributed by atoms with Gasteiger partial charge in [0, 0.05) is 106 Å². The Kier molecular flexibility index (Phi) is 15.3. The summed E-state index contributed by atoms with van der Waals surface area (Å²) in [5, 5.41) is 52.2. The van der Waals surface area contributed by atoms with E-state index >= 15 is 0 Å². The Balaban J connectivity index is 0.00000812. The molecule has 4 aliphatic rings. The Morgan fingerprint density at radius 1 is 1.02 bits per heavy atom. The molecule has 15 nitrogen and oxygen atoms in total. The summed E-state index contributed by atoms with van der Waals surface area (Å²) >= 11 is 0. The van der Waals surface area contributed by atoms with Gasteiger partial charge >= 0.3 is 11.8 Å². The monoisotopic (exact) mass is 841 g/mol. The normalized spacial score (nSPS) is 33.8. The number of carbonyl (C=O) groups excluding carboxylic acids is 4. The summed E-state index contributed by atoms with van der Waals surface area (Å²) in [5.41, 5.74) is 2.33. The van der Waals surface area contributed by atoms with Crippen molar-refractivity contribution in [2.24, 2.45) is 28.8 Å². The van der Waals surface area contributed by atoms with Crippen LogP contribution in [0.4, 0.5) is 0 Å². The van der Waals surface area contributed by atoms with Gasteiger partial charge in [-0.05, 0) is 19.9 Å². The second kappa shape index (κ2) is 18.5. The molecule has 1 amide bonds. The Bertz CT molecular complexity index is 1840. The van der Waals surface area contributed by atoms with Gasteiger partial charge in [0.05, 0.1) is 41.4 Å². The maximum Gasteiger partial charge on any atom is 0.312 e. The molecule has 10 atom stereocenters. The van der Waals surface area contributed by atoms with E-state index in [9.17, 15) is 39.6 Å². The standard InChI is InChI=1S/C39H51N3O12.Y/c1-17-12-11-13-18(2)38(50)42-29-24(16-41-40-9)33(47)26-27(34(29)48)32(46)22(6)36-28(26)37(49)39(8,54-36)52-15-14-25(51-10)19(3)35(53-23(7)43)21(5)31(45)20(4)30(17)44;/h11-17,19-21,25,30-31,33,35,44-45,47H,1-10H3,(H3,40,41,42,46,48,49,50);/p-1/b12-11+,15-14+,18-13-;/t17-,19-,20-,21-,25+,30-,31+,33?,35-,39+;/m1./s1. The minimum absolute atomic E-state index is 0. The van der Waals surface area contributed by atoms with Crippen LogP contribution in [0.3, 0.4) is 0 Å². The van der Waals surface area contributed by atoms with Crippen molar-refractivity contribution >= 4 is 29.7 Å². The molecular weight excluding hydrogens is 791 g/mol. The average Bonchev–Trinajstić information content (AvgIpc) is 3.39. The van der Waals surface area contributed by atoms with Crippen molar-refractivity contribution in [2.45, 2.75) is 91.7 Å². The molecule has 0 aromatic heterocycles. The fraction of sp³-hybridized carbons (Fsp3) is 0.513. The molecular formula is C39H50N3O12Y-. The molecule has 0 saturated heterocycles. The van der Waals surface area contributed by atoms with E-state index in [0.29, 0.717) is 0 Å². The number of nitrogens with one attached hydrogen (secondary N) is 1. The molecule has 1 radical (unpaired) electrons. The van der Waals surface area contributed by atoms with E-state index in [0.717, 1.165) is 6.21 Å². The number of amides is 1. The van der Waals surface area contributed by atoms with Crippen molar-refractivity contribution in [2.75, 3.05) is 14.2 Å². The Morgan fingerprint density at radius 2 is 1.67 bits per heavy atom. The number of methoxy groups -OCH3 is 1. The number of carbonyl (C=O) groups is 4. The molecule has 5 bridgehead atoms. The molecule has 55 heavy (non-hydrogen) atoms. The third-order valence-electron chi connectivity index (χ3n) is 10.5. The number of aromatic hydroxyl groups is 1. The molecule has 5 rings (SSSR count). The van der Waals surface area contributed by atoms with Crippen molar-refractivity contribution in [3.05, 3.63) is 75.1 Å². The summed E-state index contributed by atoms with van der Waals surface area (Å²) in [6, 6.07) is 0. The number of ketones is 2. The van der Waals surface area contributed by atoms with E-state index in [2.05, 4.69) is 15.8 Å². The summed E-state index contributed by atoms with van der Waals surface area (Å²) in [4.78, 5) is 54.0. The smallest absolute Gasteiger partial charge is 0.312 e. The van der Waals surface area contributed by atoms with E-state index < -0.39 is 100 Å². The van der Waals surface area contributed by atoms with Crippen molar-refractivity contribution in [3.8, 4) is 11.5 Å². The van der Waals surface area contributed by atoms with Crippen LogP contribution in [0.15, 0.2) is 52.5 Å². The number of Topliss-reactive ketones (excluding diaryl/α,β-unsaturated/α-hetero) is 2. The number of fused-ring (bicyclic) bond motifs is 14. The van der Waals surface area contributed by atoms with Gasteiger partial charge in [-0.25, -0.2) is 0 Å². The first-order valence-corrected chi connectivity index (χ1v) is 17.6. The molecule has 16 heteroatoms. The Labute approximate surface area is 345 Å². The number of aliphatic hydroxyl groups is 3. The predicted octanol–water partition coefficient (Wildman–Crippen LogP) is 3.84. The van der Waals surface area contributed by atoms with Gasteiger partial charge in [0.1, 0.15) is 23.7 Å². The fourth-order valence-corrected chi connectivity index (χ4v) is 7.11. The SMILES string of the molecule is C[N-]/N=C/C1=C2NC(=O)/C(C)=C\C=C\[C@@H](C)[C@@H](O)[C@@H](C)[C@H](O)[C@@H](C)[C@H](OC(C)=O)[C@H](C)[C@@H](OC)/C=C/O[C@@]3(C)Oc4c(C)c(O)c(c(c4C3=O)C1O)C2=O.[Y]. The van der Waals surface area contributed by atoms with Gasteiger partial charge in [-0.2, -0.15) is 0 Å². The van der Waals surface area contributed by atoms with Crippen molar-refractivity contribution < 1.29 is 91.3 Å². The molecule has 0 fully saturated rings. The first-order valence-electron chi connectivity index (χ1n) is 17.6. The zero-order chi connectivity index (χ0) is 40.4. The van der Waals surface area contributed by atoms with Gasteiger partial charge in [0.15, 0.2) is 0 Å². The minimum Gasteiger partial charge on any atom is -0.605 e. The van der Waals surface area contributed by atoms with Gasteiger partial charge < -0.3 is 55.2 Å². The van der Waals surface area contributed by atoms with Crippen LogP contribution in [-0.2, 0) is 56.5 Å². The van der Waals surface area contributed by atoms with Crippen LogP contribution >= 0.6 is 0 Å². The number of aliphatic hydroxyl groups excluding tert-OH is 3.